The third kappa shape index (κ3) is 2.70. The second-order valence-corrected chi connectivity index (χ2v) is 5.90. The Hall–Kier alpha value is -2.67. The van der Waals surface area contributed by atoms with Gasteiger partial charge in [-0.2, -0.15) is 13.9 Å². The lowest BCUT2D eigenvalue weighted by Gasteiger charge is -2.12. The molecule has 4 rings (SSSR count). The van der Waals surface area contributed by atoms with Crippen LogP contribution in [0.2, 0.25) is 5.15 Å². The molecule has 0 saturated carbocycles. The smallest absolute Gasteiger partial charge is 0.387 e. The van der Waals surface area contributed by atoms with Crippen molar-refractivity contribution in [3.63, 3.8) is 0 Å². The van der Waals surface area contributed by atoms with E-state index >= 15 is 0 Å². The van der Waals surface area contributed by atoms with Crippen LogP contribution in [-0.2, 0) is 6.42 Å². The van der Waals surface area contributed by atoms with Crippen LogP contribution in [0.1, 0.15) is 11.1 Å². The van der Waals surface area contributed by atoms with Gasteiger partial charge in [0.2, 0.25) is 0 Å². The van der Waals surface area contributed by atoms with Crippen LogP contribution in [0.4, 0.5) is 8.78 Å². The largest absolute Gasteiger partial charge is 0.493 e. The Balaban J connectivity index is 1.77. The number of hydrogen-bond acceptors (Lipinski definition) is 4. The summed E-state index contributed by atoms with van der Waals surface area (Å²) in [6.07, 6.45) is 2.19. The summed E-state index contributed by atoms with van der Waals surface area (Å²) in [5.41, 5.74) is 5.10. The molecule has 2 heterocycles. The van der Waals surface area contributed by atoms with E-state index in [1.165, 1.54) is 7.11 Å². The lowest BCUT2D eigenvalue weighted by Crippen LogP contribution is -2.04. The number of pyridine rings is 1. The minimum absolute atomic E-state index is 0.0177. The van der Waals surface area contributed by atoms with Crippen LogP contribution in [-0.4, -0.2) is 28.9 Å². The van der Waals surface area contributed by atoms with Crippen molar-refractivity contribution >= 4 is 11.6 Å². The molecular formula is C17H12ClF2N3O2. The molecule has 0 atom stereocenters. The quantitative estimate of drug-likeness (QED) is 0.549. The number of halogens is 3. The Labute approximate surface area is 146 Å². The second kappa shape index (κ2) is 6.00. The molecule has 1 aromatic carbocycles. The average molecular weight is 364 g/mol. The van der Waals surface area contributed by atoms with Crippen molar-refractivity contribution in [2.75, 3.05) is 7.11 Å². The van der Waals surface area contributed by atoms with Gasteiger partial charge in [0, 0.05) is 29.3 Å². The average Bonchev–Trinajstić information content (AvgIpc) is 3.13. The van der Waals surface area contributed by atoms with Crippen molar-refractivity contribution < 1.29 is 18.3 Å². The van der Waals surface area contributed by atoms with Gasteiger partial charge >= 0.3 is 6.61 Å². The number of nitrogens with one attached hydrogen (secondary N) is 1. The summed E-state index contributed by atoms with van der Waals surface area (Å²) < 4.78 is 34.9. The maximum absolute atomic E-state index is 12.6. The first-order valence-electron chi connectivity index (χ1n) is 7.42. The number of fused-ring (bicyclic) bond motifs is 3. The molecule has 1 N–H and O–H groups in total. The van der Waals surface area contributed by atoms with Crippen molar-refractivity contribution in [2.24, 2.45) is 0 Å². The molecule has 1 aliphatic carbocycles. The van der Waals surface area contributed by atoms with Crippen LogP contribution in [0.15, 0.2) is 30.5 Å². The highest BCUT2D eigenvalue weighted by Gasteiger charge is 2.27. The first-order valence-corrected chi connectivity index (χ1v) is 7.80. The van der Waals surface area contributed by atoms with E-state index in [9.17, 15) is 8.78 Å². The molecule has 128 valence electrons. The lowest BCUT2D eigenvalue weighted by atomic mass is 10.1. The van der Waals surface area contributed by atoms with Gasteiger partial charge in [0.1, 0.15) is 5.15 Å². The van der Waals surface area contributed by atoms with Crippen molar-refractivity contribution in [1.82, 2.24) is 15.2 Å². The van der Waals surface area contributed by atoms with Gasteiger partial charge in [-0.15, -0.1) is 0 Å². The van der Waals surface area contributed by atoms with Gasteiger partial charge in [0.25, 0.3) is 0 Å². The first kappa shape index (κ1) is 15.8. The van der Waals surface area contributed by atoms with Gasteiger partial charge in [0.05, 0.1) is 18.5 Å². The van der Waals surface area contributed by atoms with Crippen LogP contribution < -0.4 is 9.47 Å². The lowest BCUT2D eigenvalue weighted by molar-refractivity contribution is -0.0512. The molecule has 25 heavy (non-hydrogen) atoms. The molecule has 8 heteroatoms. The first-order chi connectivity index (χ1) is 12.1. The number of aromatic nitrogens is 3. The van der Waals surface area contributed by atoms with Crippen LogP contribution in [0, 0.1) is 0 Å². The molecule has 0 spiro atoms. The molecular weight excluding hydrogens is 352 g/mol. The maximum Gasteiger partial charge on any atom is 0.387 e. The predicted octanol–water partition coefficient (Wildman–Crippen LogP) is 4.31. The van der Waals surface area contributed by atoms with Crippen molar-refractivity contribution in [3.05, 3.63) is 46.7 Å². The van der Waals surface area contributed by atoms with Gasteiger partial charge in [-0.1, -0.05) is 11.6 Å². The second-order valence-electron chi connectivity index (χ2n) is 5.51. The topological polar surface area (TPSA) is 60.0 Å². The summed E-state index contributed by atoms with van der Waals surface area (Å²) in [7, 11) is 1.41. The molecule has 1 aliphatic rings. The molecule has 2 aromatic heterocycles. The summed E-state index contributed by atoms with van der Waals surface area (Å²) >= 11 is 5.83. The minimum atomic E-state index is -2.91. The summed E-state index contributed by atoms with van der Waals surface area (Å²) in [5, 5.41) is 7.78. The van der Waals surface area contributed by atoms with E-state index in [2.05, 4.69) is 19.9 Å². The molecule has 5 nitrogen and oxygen atoms in total. The van der Waals surface area contributed by atoms with Crippen LogP contribution in [0.5, 0.6) is 11.5 Å². The van der Waals surface area contributed by atoms with Gasteiger partial charge in [-0.3, -0.25) is 5.10 Å². The number of nitrogens with zero attached hydrogens (tertiary/aromatic N) is 2. The third-order valence-electron chi connectivity index (χ3n) is 4.11. The van der Waals surface area contributed by atoms with Gasteiger partial charge < -0.3 is 9.47 Å². The van der Waals surface area contributed by atoms with Crippen LogP contribution in [0.3, 0.4) is 0 Å². The Kier molecular flexibility index (Phi) is 3.80. The SMILES string of the molecule is COc1cc2c(cc1OC(F)F)Cc1c(-c3ccc(Cl)nc3)n[nH]c1-2. The molecule has 0 saturated heterocycles. The zero-order valence-electron chi connectivity index (χ0n) is 13.0. The van der Waals surface area contributed by atoms with Gasteiger partial charge in [-0.25, -0.2) is 4.98 Å². The highest BCUT2D eigenvalue weighted by molar-refractivity contribution is 6.29. The van der Waals surface area contributed by atoms with Crippen molar-refractivity contribution in [3.8, 4) is 34.0 Å². The number of ether oxygens (including phenoxy) is 2. The molecule has 3 aromatic rings. The Bertz CT molecular complexity index is 942. The highest BCUT2D eigenvalue weighted by Crippen LogP contribution is 2.44. The Morgan fingerprint density at radius 2 is 2.08 bits per heavy atom. The summed E-state index contributed by atoms with van der Waals surface area (Å²) in [5.74, 6) is 0.264. The number of H-pyrrole nitrogens is 1. The fourth-order valence-corrected chi connectivity index (χ4v) is 3.15. The summed E-state index contributed by atoms with van der Waals surface area (Å²) in [6, 6.07) is 6.79. The predicted molar refractivity (Wildman–Crippen MR) is 88.3 cm³/mol. The fourth-order valence-electron chi connectivity index (χ4n) is 3.03. The summed E-state index contributed by atoms with van der Waals surface area (Å²) in [4.78, 5) is 4.07. The number of benzene rings is 1. The van der Waals surface area contributed by atoms with E-state index in [1.54, 1.807) is 24.4 Å². The van der Waals surface area contributed by atoms with E-state index in [1.807, 2.05) is 6.07 Å². The molecule has 0 aliphatic heterocycles. The maximum atomic E-state index is 12.6. The number of hydrogen-bond donors (Lipinski definition) is 1. The normalized spacial score (nSPS) is 12.2. The Morgan fingerprint density at radius 1 is 1.24 bits per heavy atom. The number of rotatable bonds is 4. The zero-order valence-corrected chi connectivity index (χ0v) is 13.8. The highest BCUT2D eigenvalue weighted by atomic mass is 35.5. The third-order valence-corrected chi connectivity index (χ3v) is 4.33. The van der Waals surface area contributed by atoms with E-state index in [4.69, 9.17) is 16.3 Å². The van der Waals surface area contributed by atoms with Crippen molar-refractivity contribution in [1.29, 1.82) is 0 Å². The molecule has 0 unspecified atom stereocenters. The number of methoxy groups -OCH3 is 1. The van der Waals surface area contributed by atoms with Gasteiger partial charge in [-0.05, 0) is 29.8 Å². The molecule has 0 bridgehead atoms. The zero-order chi connectivity index (χ0) is 17.6. The number of alkyl halides is 2. The van der Waals surface area contributed by atoms with Crippen molar-refractivity contribution in [2.45, 2.75) is 13.0 Å². The molecule has 0 radical (unpaired) electrons. The minimum Gasteiger partial charge on any atom is -0.493 e. The molecule has 0 fully saturated rings. The van der Waals surface area contributed by atoms with Gasteiger partial charge in [0.15, 0.2) is 11.5 Å². The molecule has 0 amide bonds. The monoisotopic (exact) mass is 363 g/mol. The van der Waals surface area contributed by atoms with E-state index < -0.39 is 6.61 Å². The van der Waals surface area contributed by atoms with E-state index in [0.717, 1.165) is 33.6 Å². The fraction of sp³-hybridized carbons (Fsp3) is 0.176. The van der Waals surface area contributed by atoms with E-state index in [-0.39, 0.29) is 11.5 Å². The standard InChI is InChI=1S/C17H12ClF2N3O2/c1-24-12-6-10-9(5-13(12)25-17(19)20)4-11-15(22-23-16(10)11)8-2-3-14(18)21-7-8/h2-3,5-7,17H,4H2,1H3,(H,22,23). The van der Waals surface area contributed by atoms with E-state index in [0.29, 0.717) is 11.6 Å². The summed E-state index contributed by atoms with van der Waals surface area (Å²) in [6.45, 7) is -2.91. The Morgan fingerprint density at radius 3 is 2.76 bits per heavy atom. The van der Waals surface area contributed by atoms with Crippen LogP contribution >= 0.6 is 11.6 Å². The number of aromatic amines is 1. The van der Waals surface area contributed by atoms with Crippen LogP contribution in [0.25, 0.3) is 22.5 Å².